The summed E-state index contributed by atoms with van der Waals surface area (Å²) < 4.78 is 61.0. The van der Waals surface area contributed by atoms with Crippen LogP contribution in [0.3, 0.4) is 0 Å². The van der Waals surface area contributed by atoms with Crippen LogP contribution in [0.15, 0.2) is 24.3 Å². The van der Waals surface area contributed by atoms with Crippen LogP contribution in [0, 0.1) is 11.3 Å². The van der Waals surface area contributed by atoms with Crippen molar-refractivity contribution in [2.75, 3.05) is 18.6 Å². The highest BCUT2D eigenvalue weighted by molar-refractivity contribution is 7.90. The summed E-state index contributed by atoms with van der Waals surface area (Å²) in [5.41, 5.74) is -1.42. The Bertz CT molecular complexity index is 816. The van der Waals surface area contributed by atoms with Gasteiger partial charge in [0.25, 0.3) is 5.91 Å². The molecule has 0 radical (unpaired) electrons. The molecule has 0 heterocycles. The second kappa shape index (κ2) is 8.66. The van der Waals surface area contributed by atoms with E-state index >= 15 is 0 Å². The molecular formula is C15H16F3N3O4S. The normalized spacial score (nSPS) is 12.7. The minimum atomic E-state index is -4.66. The molecule has 2 amide bonds. The molecule has 0 bridgehead atoms. The van der Waals surface area contributed by atoms with Gasteiger partial charge in [-0.25, -0.2) is 8.42 Å². The van der Waals surface area contributed by atoms with Crippen LogP contribution in [-0.4, -0.2) is 44.8 Å². The molecule has 0 aliphatic rings. The summed E-state index contributed by atoms with van der Waals surface area (Å²) in [4.78, 5) is 24.2. The summed E-state index contributed by atoms with van der Waals surface area (Å²) in [6, 6.07) is 3.77. The fraction of sp³-hybridized carbons (Fsp3) is 0.400. The van der Waals surface area contributed by atoms with Crippen LogP contribution in [0.4, 0.5) is 13.2 Å². The summed E-state index contributed by atoms with van der Waals surface area (Å²) in [5, 5.41) is 12.8. The third-order valence-electron chi connectivity index (χ3n) is 3.08. The van der Waals surface area contributed by atoms with Crippen LogP contribution in [0.5, 0.6) is 0 Å². The SMILES string of the molecule is CS(=O)(=O)CC(NC(=O)c1cccc(C(F)(F)F)c1)C(=O)NCCC#N. The zero-order valence-electron chi connectivity index (χ0n) is 13.6. The quantitative estimate of drug-likeness (QED) is 0.670. The van der Waals surface area contributed by atoms with Crippen LogP contribution in [0.25, 0.3) is 0 Å². The second-order valence-electron chi connectivity index (χ2n) is 5.40. The van der Waals surface area contributed by atoms with E-state index in [1.165, 1.54) is 0 Å². The lowest BCUT2D eigenvalue weighted by Crippen LogP contribution is -2.50. The van der Waals surface area contributed by atoms with Gasteiger partial charge in [-0.3, -0.25) is 9.59 Å². The van der Waals surface area contributed by atoms with Crippen LogP contribution in [-0.2, 0) is 20.8 Å². The van der Waals surface area contributed by atoms with E-state index in [1.54, 1.807) is 6.07 Å². The van der Waals surface area contributed by atoms with Crippen molar-refractivity contribution in [1.82, 2.24) is 10.6 Å². The van der Waals surface area contributed by atoms with E-state index in [2.05, 4.69) is 10.6 Å². The minimum Gasteiger partial charge on any atom is -0.353 e. The van der Waals surface area contributed by atoms with Gasteiger partial charge < -0.3 is 10.6 Å². The average molecular weight is 391 g/mol. The maximum absolute atomic E-state index is 12.7. The zero-order valence-corrected chi connectivity index (χ0v) is 14.4. The van der Waals surface area contributed by atoms with E-state index in [9.17, 15) is 31.2 Å². The molecule has 0 fully saturated rings. The van der Waals surface area contributed by atoms with Crippen molar-refractivity contribution in [2.45, 2.75) is 18.6 Å². The molecule has 2 N–H and O–H groups in total. The first-order valence-electron chi connectivity index (χ1n) is 7.24. The molecule has 1 unspecified atom stereocenters. The molecule has 0 aliphatic heterocycles. The molecule has 0 aromatic heterocycles. The summed E-state index contributed by atoms with van der Waals surface area (Å²) in [6.45, 7) is -0.0605. The Labute approximate surface area is 148 Å². The molecular weight excluding hydrogens is 375 g/mol. The van der Waals surface area contributed by atoms with E-state index in [4.69, 9.17) is 5.26 Å². The number of sulfone groups is 1. The van der Waals surface area contributed by atoms with Gasteiger partial charge in [0.15, 0.2) is 0 Å². The molecule has 11 heteroatoms. The number of hydrogen-bond donors (Lipinski definition) is 2. The smallest absolute Gasteiger partial charge is 0.353 e. The topological polar surface area (TPSA) is 116 Å². The summed E-state index contributed by atoms with van der Waals surface area (Å²) in [6.07, 6.45) is -3.84. The highest BCUT2D eigenvalue weighted by Crippen LogP contribution is 2.29. The molecule has 7 nitrogen and oxygen atoms in total. The summed E-state index contributed by atoms with van der Waals surface area (Å²) in [5.74, 6) is -2.62. The van der Waals surface area contributed by atoms with Crippen molar-refractivity contribution in [2.24, 2.45) is 0 Å². The van der Waals surface area contributed by atoms with Gasteiger partial charge in [-0.05, 0) is 18.2 Å². The first kappa shape index (κ1) is 21.4. The summed E-state index contributed by atoms with van der Waals surface area (Å²) in [7, 11) is -3.68. The number of carbonyl (C=O) groups is 2. The van der Waals surface area contributed by atoms with Crippen molar-refractivity contribution in [1.29, 1.82) is 5.26 Å². The molecule has 142 valence electrons. The van der Waals surface area contributed by atoms with Crippen LogP contribution < -0.4 is 10.6 Å². The first-order chi connectivity index (χ1) is 11.9. The summed E-state index contributed by atoms with van der Waals surface area (Å²) >= 11 is 0. The average Bonchev–Trinajstić information content (AvgIpc) is 2.52. The number of nitriles is 1. The lowest BCUT2D eigenvalue weighted by atomic mass is 10.1. The Balaban J connectivity index is 2.98. The molecule has 0 saturated heterocycles. The van der Waals surface area contributed by atoms with Crippen LogP contribution in [0.2, 0.25) is 0 Å². The van der Waals surface area contributed by atoms with Crippen molar-refractivity contribution < 1.29 is 31.2 Å². The van der Waals surface area contributed by atoms with Gasteiger partial charge >= 0.3 is 6.18 Å². The van der Waals surface area contributed by atoms with E-state index in [-0.39, 0.29) is 18.5 Å². The van der Waals surface area contributed by atoms with Crippen molar-refractivity contribution in [3.8, 4) is 6.07 Å². The Morgan fingerprint density at radius 3 is 2.50 bits per heavy atom. The zero-order chi connectivity index (χ0) is 20.0. The predicted molar refractivity (Wildman–Crippen MR) is 85.6 cm³/mol. The maximum atomic E-state index is 12.7. The van der Waals surface area contributed by atoms with Crippen molar-refractivity contribution in [3.05, 3.63) is 35.4 Å². The van der Waals surface area contributed by atoms with E-state index in [0.29, 0.717) is 6.07 Å². The molecule has 1 aromatic carbocycles. The molecule has 1 rings (SSSR count). The second-order valence-corrected chi connectivity index (χ2v) is 7.58. The Kier molecular flexibility index (Phi) is 7.14. The third kappa shape index (κ3) is 7.10. The number of nitrogens with zero attached hydrogens (tertiary/aromatic N) is 1. The van der Waals surface area contributed by atoms with Gasteiger partial charge in [-0.2, -0.15) is 18.4 Å². The van der Waals surface area contributed by atoms with Gasteiger partial charge in [-0.15, -0.1) is 0 Å². The highest BCUT2D eigenvalue weighted by Gasteiger charge is 2.31. The van der Waals surface area contributed by atoms with Gasteiger partial charge in [0, 0.05) is 18.4 Å². The van der Waals surface area contributed by atoms with Crippen molar-refractivity contribution in [3.63, 3.8) is 0 Å². The minimum absolute atomic E-state index is 0.0289. The fourth-order valence-electron chi connectivity index (χ4n) is 1.93. The van der Waals surface area contributed by atoms with Crippen LogP contribution >= 0.6 is 0 Å². The standard InChI is InChI=1S/C15H16F3N3O4S/c1-26(24,25)9-12(14(23)20-7-3-6-19)21-13(22)10-4-2-5-11(8-10)15(16,17)18/h2,4-5,8,12H,3,7,9H2,1H3,(H,20,23)(H,21,22). The van der Waals surface area contributed by atoms with E-state index in [0.717, 1.165) is 24.5 Å². The number of carbonyl (C=O) groups excluding carboxylic acids is 2. The van der Waals surface area contributed by atoms with E-state index in [1.807, 2.05) is 0 Å². The predicted octanol–water partition coefficient (Wildman–Crippen LogP) is 0.878. The maximum Gasteiger partial charge on any atom is 0.416 e. The number of halogens is 3. The molecule has 0 aliphatic carbocycles. The molecule has 1 atom stereocenters. The van der Waals surface area contributed by atoms with Gasteiger partial charge in [0.1, 0.15) is 15.9 Å². The van der Waals surface area contributed by atoms with Gasteiger partial charge in [-0.1, -0.05) is 6.07 Å². The number of alkyl halides is 3. The Morgan fingerprint density at radius 2 is 1.96 bits per heavy atom. The third-order valence-corrected chi connectivity index (χ3v) is 4.02. The Morgan fingerprint density at radius 1 is 1.31 bits per heavy atom. The van der Waals surface area contributed by atoms with Gasteiger partial charge in [0.2, 0.25) is 5.91 Å². The first-order valence-corrected chi connectivity index (χ1v) is 9.30. The lowest BCUT2D eigenvalue weighted by molar-refractivity contribution is -0.137. The monoisotopic (exact) mass is 391 g/mol. The van der Waals surface area contributed by atoms with Crippen molar-refractivity contribution >= 4 is 21.7 Å². The lowest BCUT2D eigenvalue weighted by Gasteiger charge is -2.18. The van der Waals surface area contributed by atoms with Gasteiger partial charge in [0.05, 0.1) is 23.8 Å². The highest BCUT2D eigenvalue weighted by atomic mass is 32.2. The van der Waals surface area contributed by atoms with Crippen LogP contribution in [0.1, 0.15) is 22.3 Å². The fourth-order valence-corrected chi connectivity index (χ4v) is 2.77. The molecule has 26 heavy (non-hydrogen) atoms. The number of hydrogen-bond acceptors (Lipinski definition) is 5. The van der Waals surface area contributed by atoms with E-state index < -0.39 is 45.2 Å². The largest absolute Gasteiger partial charge is 0.416 e. The molecule has 0 saturated carbocycles. The number of rotatable bonds is 7. The molecule has 1 aromatic rings. The number of nitrogens with one attached hydrogen (secondary N) is 2. The number of amides is 2. The number of benzene rings is 1. The molecule has 0 spiro atoms. The Hall–Kier alpha value is -2.61.